The third-order valence-corrected chi connectivity index (χ3v) is 4.04. The average molecular weight is 406 g/mol. The molecule has 2 heterocycles. The van der Waals surface area contributed by atoms with Gasteiger partial charge in [0.1, 0.15) is 17.4 Å². The van der Waals surface area contributed by atoms with Crippen molar-refractivity contribution in [1.29, 1.82) is 5.26 Å². The number of amides is 3. The third kappa shape index (κ3) is 4.06. The number of urea groups is 1. The first-order chi connectivity index (χ1) is 13.5. The Balaban J connectivity index is 1.82. The number of hydrogen-bond acceptors (Lipinski definition) is 6. The number of hydrogen-bond donors (Lipinski definition) is 1. The van der Waals surface area contributed by atoms with Gasteiger partial charge in [0.05, 0.1) is 17.4 Å². The highest BCUT2D eigenvalue weighted by Gasteiger charge is 2.46. The minimum absolute atomic E-state index is 0.0140. The number of alkyl halides is 3. The molecule has 0 unspecified atom stereocenters. The number of pyridine rings is 1. The summed E-state index contributed by atoms with van der Waals surface area (Å²) in [7, 11) is 0. The molecule has 0 saturated carbocycles. The summed E-state index contributed by atoms with van der Waals surface area (Å²) in [5, 5.41) is 11.1. The first-order valence-electron chi connectivity index (χ1n) is 8.11. The van der Waals surface area contributed by atoms with Gasteiger partial charge in [0.25, 0.3) is 5.91 Å². The summed E-state index contributed by atoms with van der Waals surface area (Å²) in [6.45, 7) is 3.13. The molecule has 29 heavy (non-hydrogen) atoms. The molecule has 3 amide bonds. The van der Waals surface area contributed by atoms with Crippen LogP contribution >= 0.6 is 0 Å². The van der Waals surface area contributed by atoms with Crippen molar-refractivity contribution in [2.75, 3.05) is 4.90 Å². The fourth-order valence-corrected chi connectivity index (χ4v) is 2.65. The minimum atomic E-state index is -4.97. The van der Waals surface area contributed by atoms with Crippen molar-refractivity contribution in [2.45, 2.75) is 25.7 Å². The Labute approximate surface area is 162 Å². The molecule has 1 aliphatic rings. The average Bonchev–Trinajstić information content (AvgIpc) is 2.82. The van der Waals surface area contributed by atoms with Crippen LogP contribution in [0.2, 0.25) is 0 Å². The highest BCUT2D eigenvalue weighted by molar-refractivity contribution is 6.16. The third-order valence-electron chi connectivity index (χ3n) is 4.04. The number of nitriles is 1. The van der Waals surface area contributed by atoms with Crippen LogP contribution in [0.1, 0.15) is 19.4 Å². The minimum Gasteiger partial charge on any atom is -0.439 e. The molecule has 2 aromatic rings. The van der Waals surface area contributed by atoms with Gasteiger partial charge in [-0.1, -0.05) is 0 Å². The quantitative estimate of drug-likeness (QED) is 0.780. The fourth-order valence-electron chi connectivity index (χ4n) is 2.65. The largest absolute Gasteiger partial charge is 0.573 e. The Bertz CT molecular complexity index is 1010. The van der Waals surface area contributed by atoms with E-state index < -0.39 is 29.6 Å². The smallest absolute Gasteiger partial charge is 0.439 e. The molecule has 1 N–H and O–H groups in total. The van der Waals surface area contributed by atoms with Crippen molar-refractivity contribution in [3.8, 4) is 23.4 Å². The van der Waals surface area contributed by atoms with Gasteiger partial charge in [0.2, 0.25) is 5.88 Å². The van der Waals surface area contributed by atoms with Gasteiger partial charge < -0.3 is 9.47 Å². The van der Waals surface area contributed by atoms with E-state index in [1.165, 1.54) is 29.3 Å². The SMILES string of the molecule is CC1(C)C(=O)NC(=O)N1c1ccc(Oc2ccc(C#N)c(OC(F)(F)F)c2)nc1. The Kier molecular flexibility index (Phi) is 4.79. The van der Waals surface area contributed by atoms with Crippen molar-refractivity contribution in [3.05, 3.63) is 42.1 Å². The van der Waals surface area contributed by atoms with Gasteiger partial charge in [-0.3, -0.25) is 15.0 Å². The summed E-state index contributed by atoms with van der Waals surface area (Å²) < 4.78 is 46.7. The maximum Gasteiger partial charge on any atom is 0.573 e. The van der Waals surface area contributed by atoms with Crippen LogP contribution in [0.5, 0.6) is 17.4 Å². The van der Waals surface area contributed by atoms with Crippen LogP contribution in [-0.2, 0) is 4.79 Å². The highest BCUT2D eigenvalue weighted by Crippen LogP contribution is 2.33. The molecule has 150 valence electrons. The topological polar surface area (TPSA) is 105 Å². The van der Waals surface area contributed by atoms with Crippen LogP contribution in [0.3, 0.4) is 0 Å². The Morgan fingerprint density at radius 3 is 2.45 bits per heavy atom. The zero-order valence-corrected chi connectivity index (χ0v) is 15.1. The summed E-state index contributed by atoms with van der Waals surface area (Å²) in [4.78, 5) is 29.1. The van der Waals surface area contributed by atoms with Gasteiger partial charge in [-0.2, -0.15) is 5.26 Å². The van der Waals surface area contributed by atoms with Crippen molar-refractivity contribution < 1.29 is 32.2 Å². The van der Waals surface area contributed by atoms with Crippen LogP contribution in [-0.4, -0.2) is 28.8 Å². The predicted molar refractivity (Wildman–Crippen MR) is 92.2 cm³/mol. The van der Waals surface area contributed by atoms with Crippen LogP contribution in [0, 0.1) is 11.3 Å². The Morgan fingerprint density at radius 2 is 1.93 bits per heavy atom. The van der Waals surface area contributed by atoms with Crippen LogP contribution in [0.15, 0.2) is 36.5 Å². The standard InChI is InChI=1S/C18H13F3N4O4/c1-17(2)15(26)24-16(27)25(17)11-4-6-14(23-9-11)28-12-5-3-10(8-22)13(7-12)29-18(19,20)21/h3-7,9H,1-2H3,(H,24,26,27). The van der Waals surface area contributed by atoms with Gasteiger partial charge in [-0.05, 0) is 32.0 Å². The number of carbonyl (C=O) groups excluding carboxylic acids is 2. The zero-order chi connectivity index (χ0) is 21.4. The monoisotopic (exact) mass is 406 g/mol. The van der Waals surface area contributed by atoms with E-state index in [1.54, 1.807) is 19.9 Å². The molecule has 1 aliphatic heterocycles. The summed E-state index contributed by atoms with van der Waals surface area (Å²) in [6.07, 6.45) is -3.68. The second-order valence-corrected chi connectivity index (χ2v) is 6.43. The number of aromatic nitrogens is 1. The van der Waals surface area contributed by atoms with E-state index in [9.17, 15) is 22.8 Å². The van der Waals surface area contributed by atoms with Crippen molar-refractivity contribution in [3.63, 3.8) is 0 Å². The summed E-state index contributed by atoms with van der Waals surface area (Å²) in [6, 6.07) is 7.16. The van der Waals surface area contributed by atoms with Gasteiger partial charge in [-0.25, -0.2) is 9.78 Å². The molecule has 0 spiro atoms. The lowest BCUT2D eigenvalue weighted by Gasteiger charge is -2.27. The molecule has 3 rings (SSSR count). The van der Waals surface area contributed by atoms with Crippen LogP contribution in [0.4, 0.5) is 23.7 Å². The molecular weight excluding hydrogens is 393 g/mol. The maximum absolute atomic E-state index is 12.5. The Hall–Kier alpha value is -3.81. The molecule has 1 aromatic carbocycles. The number of nitrogens with zero attached hydrogens (tertiary/aromatic N) is 3. The number of halogens is 3. The molecule has 0 atom stereocenters. The van der Waals surface area contributed by atoms with E-state index in [1.807, 2.05) is 0 Å². The van der Waals surface area contributed by atoms with E-state index >= 15 is 0 Å². The van der Waals surface area contributed by atoms with Crippen molar-refractivity contribution in [2.24, 2.45) is 0 Å². The second kappa shape index (κ2) is 6.97. The number of ether oxygens (including phenoxy) is 2. The number of nitrogens with one attached hydrogen (secondary N) is 1. The first-order valence-corrected chi connectivity index (χ1v) is 8.11. The predicted octanol–water partition coefficient (Wildman–Crippen LogP) is 3.48. The molecule has 1 aromatic heterocycles. The lowest BCUT2D eigenvalue weighted by molar-refractivity contribution is -0.274. The van der Waals surface area contributed by atoms with Crippen molar-refractivity contribution in [1.82, 2.24) is 10.3 Å². The van der Waals surface area contributed by atoms with E-state index in [0.29, 0.717) is 5.69 Å². The molecule has 0 radical (unpaired) electrons. The zero-order valence-electron chi connectivity index (χ0n) is 15.1. The molecule has 11 heteroatoms. The lowest BCUT2D eigenvalue weighted by Crippen LogP contribution is -2.44. The number of anilines is 1. The molecule has 8 nitrogen and oxygen atoms in total. The summed E-state index contributed by atoms with van der Waals surface area (Å²) in [5.41, 5.74) is -1.10. The Morgan fingerprint density at radius 1 is 1.21 bits per heavy atom. The lowest BCUT2D eigenvalue weighted by atomic mass is 10.0. The van der Waals surface area contributed by atoms with Gasteiger partial charge in [0, 0.05) is 12.1 Å². The maximum atomic E-state index is 12.5. The highest BCUT2D eigenvalue weighted by atomic mass is 19.4. The van der Waals surface area contributed by atoms with Crippen LogP contribution in [0.25, 0.3) is 0 Å². The number of benzene rings is 1. The number of rotatable bonds is 4. The second-order valence-electron chi connectivity index (χ2n) is 6.43. The van der Waals surface area contributed by atoms with Crippen molar-refractivity contribution >= 4 is 17.6 Å². The van der Waals surface area contributed by atoms with Crippen LogP contribution < -0.4 is 19.7 Å². The van der Waals surface area contributed by atoms with E-state index in [0.717, 1.165) is 12.1 Å². The first kappa shape index (κ1) is 19.9. The molecule has 0 aliphatic carbocycles. The number of carbonyl (C=O) groups is 2. The molecular formula is C18H13F3N4O4. The van der Waals surface area contributed by atoms with Gasteiger partial charge >= 0.3 is 12.4 Å². The fraction of sp³-hybridized carbons (Fsp3) is 0.222. The molecule has 1 saturated heterocycles. The molecule has 0 bridgehead atoms. The van der Waals surface area contributed by atoms with Gasteiger partial charge in [0.15, 0.2) is 5.75 Å². The van der Waals surface area contributed by atoms with Gasteiger partial charge in [-0.15, -0.1) is 13.2 Å². The van der Waals surface area contributed by atoms with E-state index in [4.69, 9.17) is 10.00 Å². The summed E-state index contributed by atoms with van der Waals surface area (Å²) >= 11 is 0. The number of imide groups is 1. The van der Waals surface area contributed by atoms with E-state index in [-0.39, 0.29) is 17.2 Å². The molecule has 1 fully saturated rings. The van der Waals surface area contributed by atoms with E-state index in [2.05, 4.69) is 15.0 Å². The summed E-state index contributed by atoms with van der Waals surface area (Å²) in [5.74, 6) is -1.20. The normalized spacial score (nSPS) is 15.7.